The zero-order valence-electron chi connectivity index (χ0n) is 11.4. The van der Waals surface area contributed by atoms with Crippen LogP contribution < -0.4 is 5.32 Å². The third-order valence-electron chi connectivity index (χ3n) is 2.50. The number of rotatable bonds is 4. The van der Waals surface area contributed by atoms with Gasteiger partial charge in [-0.05, 0) is 24.2 Å². The van der Waals surface area contributed by atoms with Crippen LogP contribution in [0.2, 0.25) is 0 Å². The van der Waals surface area contributed by atoms with E-state index in [1.165, 1.54) is 11.8 Å². The molecule has 0 aliphatic rings. The number of anilines is 1. The van der Waals surface area contributed by atoms with E-state index in [0.717, 1.165) is 5.56 Å². The van der Waals surface area contributed by atoms with Gasteiger partial charge in [0.15, 0.2) is 5.16 Å². The molecule has 0 radical (unpaired) electrons. The van der Waals surface area contributed by atoms with E-state index in [2.05, 4.69) is 35.2 Å². The van der Waals surface area contributed by atoms with Gasteiger partial charge in [0.25, 0.3) is 0 Å². The molecule has 3 aromatic heterocycles. The number of hydrogen-bond donors (Lipinski definition) is 1. The number of nitrogens with one attached hydrogen (secondary N) is 1. The lowest BCUT2D eigenvalue weighted by atomic mass is 10.4. The Bertz CT molecular complexity index is 726. The molecule has 0 saturated carbocycles. The summed E-state index contributed by atoms with van der Waals surface area (Å²) in [5, 5.41) is 4.02. The molecule has 3 heterocycles. The quantitative estimate of drug-likeness (QED) is 0.721. The Labute approximate surface area is 125 Å². The fourth-order valence-corrected chi connectivity index (χ4v) is 2.14. The molecule has 0 aliphatic heterocycles. The Morgan fingerprint density at radius 3 is 2.57 bits per heavy atom. The first kappa shape index (κ1) is 13.4. The Hall–Kier alpha value is -2.55. The summed E-state index contributed by atoms with van der Waals surface area (Å²) in [4.78, 5) is 25.4. The number of imidazole rings is 1. The van der Waals surface area contributed by atoms with E-state index in [4.69, 9.17) is 0 Å². The van der Waals surface area contributed by atoms with Gasteiger partial charge < -0.3 is 5.32 Å². The first-order chi connectivity index (χ1) is 10.2. The van der Waals surface area contributed by atoms with Crippen molar-refractivity contribution in [3.8, 4) is 5.95 Å². The van der Waals surface area contributed by atoms with Gasteiger partial charge in [-0.1, -0.05) is 0 Å². The fourth-order valence-electron chi connectivity index (χ4n) is 1.51. The van der Waals surface area contributed by atoms with Crippen LogP contribution in [-0.2, 0) is 0 Å². The molecule has 0 fully saturated rings. The van der Waals surface area contributed by atoms with Crippen LogP contribution in [0.3, 0.4) is 0 Å². The van der Waals surface area contributed by atoms with E-state index in [0.29, 0.717) is 22.2 Å². The highest BCUT2D eigenvalue weighted by Crippen LogP contribution is 2.22. The molecule has 21 heavy (non-hydrogen) atoms. The maximum Gasteiger partial charge on any atom is 0.240 e. The minimum absolute atomic E-state index is 0.475. The van der Waals surface area contributed by atoms with Crippen molar-refractivity contribution in [1.29, 1.82) is 0 Å². The van der Waals surface area contributed by atoms with Crippen LogP contribution in [0, 0.1) is 6.92 Å². The highest BCUT2D eigenvalue weighted by molar-refractivity contribution is 7.99. The fraction of sp³-hybridized carbons (Fsp3) is 0.167. The van der Waals surface area contributed by atoms with Gasteiger partial charge in [-0.25, -0.2) is 15.0 Å². The third kappa shape index (κ3) is 3.14. The zero-order valence-corrected chi connectivity index (χ0v) is 12.2. The van der Waals surface area contributed by atoms with Gasteiger partial charge in [0, 0.05) is 31.8 Å². The molecule has 3 aromatic rings. The molecule has 106 valence electrons. The van der Waals surface area contributed by atoms with Gasteiger partial charge in [0.1, 0.15) is 6.33 Å². The van der Waals surface area contributed by atoms with Crippen LogP contribution in [0.1, 0.15) is 5.56 Å². The van der Waals surface area contributed by atoms with Crippen molar-refractivity contribution in [3.05, 3.63) is 36.7 Å². The minimum Gasteiger partial charge on any atom is -0.357 e. The van der Waals surface area contributed by atoms with Gasteiger partial charge in [-0.15, -0.1) is 0 Å². The maximum absolute atomic E-state index is 4.39. The molecule has 0 bridgehead atoms. The highest BCUT2D eigenvalue weighted by atomic mass is 32.2. The molecule has 8 nitrogen and oxygen atoms in total. The minimum atomic E-state index is 0.475. The van der Waals surface area contributed by atoms with Gasteiger partial charge in [0.2, 0.25) is 17.1 Å². The molecule has 0 atom stereocenters. The van der Waals surface area contributed by atoms with Crippen LogP contribution in [-0.4, -0.2) is 41.5 Å². The smallest absolute Gasteiger partial charge is 0.240 e. The monoisotopic (exact) mass is 300 g/mol. The predicted octanol–water partition coefficient (Wildman–Crippen LogP) is 1.35. The van der Waals surface area contributed by atoms with Crippen molar-refractivity contribution in [2.45, 2.75) is 17.2 Å². The van der Waals surface area contributed by atoms with E-state index in [1.807, 2.05) is 6.92 Å². The summed E-state index contributed by atoms with van der Waals surface area (Å²) in [6.07, 6.45) is 8.58. The lowest BCUT2D eigenvalue weighted by Crippen LogP contribution is -2.06. The van der Waals surface area contributed by atoms with Crippen LogP contribution >= 0.6 is 11.8 Å². The molecular formula is C12H12N8S. The van der Waals surface area contributed by atoms with E-state index < -0.39 is 0 Å². The predicted molar refractivity (Wildman–Crippen MR) is 77.4 cm³/mol. The van der Waals surface area contributed by atoms with Gasteiger partial charge >= 0.3 is 0 Å². The third-order valence-corrected chi connectivity index (χ3v) is 3.26. The van der Waals surface area contributed by atoms with E-state index in [1.54, 1.807) is 42.7 Å². The number of hydrogen-bond acceptors (Lipinski definition) is 8. The number of aromatic nitrogens is 7. The standard InChI is InChI=1S/C12H12N8S/c1-8-5-15-11(16-6-8)21-12-18-9(13-2)17-10(19-12)20-4-3-14-7-20/h3-7H,1-2H3,(H,13,17,18,19). The lowest BCUT2D eigenvalue weighted by molar-refractivity contribution is 0.823. The summed E-state index contributed by atoms with van der Waals surface area (Å²) in [5.41, 5.74) is 1.00. The Balaban J connectivity index is 1.94. The van der Waals surface area contributed by atoms with Gasteiger partial charge in [0.05, 0.1) is 0 Å². The average Bonchev–Trinajstić information content (AvgIpc) is 3.04. The normalized spacial score (nSPS) is 10.6. The summed E-state index contributed by atoms with van der Waals surface area (Å²) < 4.78 is 1.71. The summed E-state index contributed by atoms with van der Waals surface area (Å²) >= 11 is 1.28. The molecule has 0 aromatic carbocycles. The van der Waals surface area contributed by atoms with Crippen molar-refractivity contribution in [2.75, 3.05) is 12.4 Å². The van der Waals surface area contributed by atoms with Gasteiger partial charge in [-0.3, -0.25) is 4.57 Å². The maximum atomic E-state index is 4.39. The molecular weight excluding hydrogens is 288 g/mol. The lowest BCUT2D eigenvalue weighted by Gasteiger charge is -2.06. The second-order valence-corrected chi connectivity index (χ2v) is 5.04. The molecule has 0 amide bonds. The Morgan fingerprint density at radius 2 is 1.90 bits per heavy atom. The molecule has 0 saturated heterocycles. The SMILES string of the molecule is CNc1nc(Sc2ncc(C)cn2)nc(-n2ccnc2)n1. The van der Waals surface area contributed by atoms with Crippen molar-refractivity contribution in [3.63, 3.8) is 0 Å². The Morgan fingerprint density at radius 1 is 1.10 bits per heavy atom. The number of aryl methyl sites for hydroxylation is 1. The second-order valence-electron chi connectivity index (χ2n) is 4.11. The van der Waals surface area contributed by atoms with Crippen LogP contribution in [0.25, 0.3) is 5.95 Å². The van der Waals surface area contributed by atoms with Crippen molar-refractivity contribution < 1.29 is 0 Å². The summed E-state index contributed by atoms with van der Waals surface area (Å²) in [5.74, 6) is 0.963. The van der Waals surface area contributed by atoms with E-state index >= 15 is 0 Å². The summed E-state index contributed by atoms with van der Waals surface area (Å²) in [6.45, 7) is 1.94. The summed E-state index contributed by atoms with van der Waals surface area (Å²) in [6, 6.07) is 0. The second kappa shape index (κ2) is 5.83. The summed E-state index contributed by atoms with van der Waals surface area (Å²) in [7, 11) is 1.75. The molecule has 1 N–H and O–H groups in total. The van der Waals surface area contributed by atoms with Gasteiger partial charge in [-0.2, -0.15) is 15.0 Å². The largest absolute Gasteiger partial charge is 0.357 e. The first-order valence-corrected chi connectivity index (χ1v) is 6.95. The Kier molecular flexibility index (Phi) is 3.73. The average molecular weight is 300 g/mol. The molecule has 0 unspecified atom stereocenters. The van der Waals surface area contributed by atoms with E-state index in [-0.39, 0.29) is 0 Å². The van der Waals surface area contributed by atoms with Crippen molar-refractivity contribution >= 4 is 17.7 Å². The highest BCUT2D eigenvalue weighted by Gasteiger charge is 2.10. The molecule has 0 aliphatic carbocycles. The topological polar surface area (TPSA) is 94.3 Å². The van der Waals surface area contributed by atoms with Crippen molar-refractivity contribution in [1.82, 2.24) is 34.5 Å². The molecule has 0 spiro atoms. The first-order valence-electron chi connectivity index (χ1n) is 6.13. The molecule has 9 heteroatoms. The number of nitrogens with zero attached hydrogens (tertiary/aromatic N) is 7. The van der Waals surface area contributed by atoms with Crippen LogP contribution in [0.15, 0.2) is 41.4 Å². The molecule has 3 rings (SSSR count). The van der Waals surface area contributed by atoms with E-state index in [9.17, 15) is 0 Å². The zero-order chi connectivity index (χ0) is 14.7. The van der Waals surface area contributed by atoms with Crippen LogP contribution in [0.5, 0.6) is 0 Å². The van der Waals surface area contributed by atoms with Crippen LogP contribution in [0.4, 0.5) is 5.95 Å². The van der Waals surface area contributed by atoms with Crippen molar-refractivity contribution in [2.24, 2.45) is 0 Å².